The average molecular weight is 787 g/mol. The Morgan fingerprint density at radius 3 is 1.77 bits per heavy atom. The molecule has 0 unspecified atom stereocenters. The molecule has 0 atom stereocenters. The maximum absolute atomic E-state index is 5.69. The lowest BCUT2D eigenvalue weighted by Gasteiger charge is -2.15. The lowest BCUT2D eigenvalue weighted by Crippen LogP contribution is -2.03. The van der Waals surface area contributed by atoms with Gasteiger partial charge in [-0.2, -0.15) is 0 Å². The summed E-state index contributed by atoms with van der Waals surface area (Å²) in [4.78, 5) is 11.1. The van der Waals surface area contributed by atoms with Gasteiger partial charge in [0.15, 0.2) is 0 Å². The summed E-state index contributed by atoms with van der Waals surface area (Å²) in [5.74, 6) is 0.649. The first-order valence-corrected chi connectivity index (χ1v) is 21.2. The van der Waals surface area contributed by atoms with E-state index in [1.54, 1.807) is 0 Å². The Morgan fingerprint density at radius 2 is 0.968 bits per heavy atom. The maximum atomic E-state index is 5.69. The minimum absolute atomic E-state index is 0.649. The third-order valence-electron chi connectivity index (χ3n) is 13.2. The van der Waals surface area contributed by atoms with Crippen LogP contribution in [0.5, 0.6) is 0 Å². The highest BCUT2D eigenvalue weighted by Crippen LogP contribution is 2.48. The Hall–Kier alpha value is -8.34. The second kappa shape index (κ2) is 12.6. The number of hydrogen-bond donors (Lipinski definition) is 0. The number of nitrogens with zero attached hydrogens (tertiary/aromatic N) is 4. The van der Waals surface area contributed by atoms with Crippen LogP contribution < -0.4 is 0 Å². The van der Waals surface area contributed by atoms with Gasteiger partial charge in [0.2, 0.25) is 5.95 Å². The molecule has 4 heteroatoms. The summed E-state index contributed by atoms with van der Waals surface area (Å²) in [5, 5.41) is 13.1. The largest absolute Gasteiger partial charge is 0.308 e. The molecule has 0 amide bonds. The van der Waals surface area contributed by atoms with Crippen molar-refractivity contribution in [2.24, 2.45) is 0 Å². The molecule has 4 nitrogen and oxygen atoms in total. The minimum atomic E-state index is 0.649. The van der Waals surface area contributed by atoms with Gasteiger partial charge in [-0.25, -0.2) is 9.97 Å². The normalized spacial score (nSPS) is 12.2. The number of aromatic nitrogens is 4. The molecule has 0 saturated carbocycles. The molecule has 0 N–H and O–H groups in total. The van der Waals surface area contributed by atoms with Crippen molar-refractivity contribution in [2.45, 2.75) is 0 Å². The molecule has 0 bridgehead atoms. The highest BCUT2D eigenvalue weighted by Gasteiger charge is 2.26. The Bertz CT molecular complexity index is 4140. The van der Waals surface area contributed by atoms with Crippen molar-refractivity contribution in [1.82, 2.24) is 18.9 Å². The number of fused-ring (bicyclic) bond motifs is 14. The van der Waals surface area contributed by atoms with Crippen LogP contribution in [0.4, 0.5) is 0 Å². The van der Waals surface area contributed by atoms with Crippen LogP contribution in [0.3, 0.4) is 0 Å². The van der Waals surface area contributed by atoms with E-state index >= 15 is 0 Å². The van der Waals surface area contributed by atoms with Crippen molar-refractivity contribution in [3.05, 3.63) is 206 Å². The van der Waals surface area contributed by atoms with E-state index in [1.165, 1.54) is 92.7 Å². The smallest absolute Gasteiger partial charge is 0.235 e. The lowest BCUT2D eigenvalue weighted by molar-refractivity contribution is 1.02. The Kier molecular flexibility index (Phi) is 6.80. The fourth-order valence-electron chi connectivity index (χ4n) is 10.5. The van der Waals surface area contributed by atoms with Gasteiger partial charge in [0.25, 0.3) is 0 Å². The summed E-state index contributed by atoms with van der Waals surface area (Å²) >= 11 is 0. The molecule has 14 rings (SSSR count). The molecule has 0 radical (unpaired) electrons. The summed E-state index contributed by atoms with van der Waals surface area (Å²) in [6, 6.07) is 74.8. The zero-order chi connectivity index (χ0) is 40.5. The maximum Gasteiger partial charge on any atom is 0.235 e. The van der Waals surface area contributed by atoms with Crippen LogP contribution >= 0.6 is 0 Å². The number of para-hydroxylation sites is 2. The van der Waals surface area contributed by atoms with E-state index in [1.807, 2.05) is 0 Å². The minimum Gasteiger partial charge on any atom is -0.308 e. The highest BCUT2D eigenvalue weighted by atomic mass is 15.2. The molecule has 62 heavy (non-hydrogen) atoms. The zero-order valence-corrected chi connectivity index (χ0v) is 33.4. The summed E-state index contributed by atoms with van der Waals surface area (Å²) in [5.41, 5.74) is 13.5. The molecule has 286 valence electrons. The third-order valence-corrected chi connectivity index (χ3v) is 13.2. The van der Waals surface area contributed by atoms with Gasteiger partial charge in [-0.3, -0.25) is 4.57 Å². The first kappa shape index (κ1) is 33.5. The van der Waals surface area contributed by atoms with Crippen LogP contribution in [-0.4, -0.2) is 18.9 Å². The van der Waals surface area contributed by atoms with Crippen molar-refractivity contribution in [3.8, 4) is 39.5 Å². The fraction of sp³-hybridized carbons (Fsp3) is 0. The van der Waals surface area contributed by atoms with E-state index in [0.29, 0.717) is 5.95 Å². The van der Waals surface area contributed by atoms with Crippen LogP contribution in [0.1, 0.15) is 0 Å². The van der Waals surface area contributed by atoms with Gasteiger partial charge in [0, 0.05) is 43.3 Å². The van der Waals surface area contributed by atoms with E-state index in [9.17, 15) is 0 Å². The van der Waals surface area contributed by atoms with Crippen molar-refractivity contribution in [1.29, 1.82) is 0 Å². The first-order chi connectivity index (χ1) is 30.8. The molecule has 4 aromatic heterocycles. The van der Waals surface area contributed by atoms with Gasteiger partial charge < -0.3 is 4.40 Å². The Balaban J connectivity index is 1.15. The van der Waals surface area contributed by atoms with Crippen molar-refractivity contribution in [2.75, 3.05) is 0 Å². The summed E-state index contributed by atoms with van der Waals surface area (Å²) in [7, 11) is 0. The topological polar surface area (TPSA) is 35.1 Å². The number of rotatable bonds is 4. The second-order valence-electron chi connectivity index (χ2n) is 16.5. The Morgan fingerprint density at radius 1 is 0.323 bits per heavy atom. The van der Waals surface area contributed by atoms with Crippen LogP contribution in [0.2, 0.25) is 0 Å². The molecule has 0 saturated heterocycles. The van der Waals surface area contributed by atoms with Crippen LogP contribution in [-0.2, 0) is 0 Å². The molecule has 0 aliphatic carbocycles. The summed E-state index contributed by atoms with van der Waals surface area (Å²) < 4.78 is 4.83. The van der Waals surface area contributed by atoms with E-state index in [0.717, 1.165) is 33.2 Å². The molecule has 0 aliphatic heterocycles. The summed E-state index contributed by atoms with van der Waals surface area (Å²) in [6.07, 6.45) is 0. The van der Waals surface area contributed by atoms with E-state index in [2.05, 4.69) is 215 Å². The first-order valence-electron chi connectivity index (χ1n) is 21.2. The van der Waals surface area contributed by atoms with Crippen LogP contribution in [0.25, 0.3) is 132 Å². The van der Waals surface area contributed by atoms with Gasteiger partial charge in [0.05, 0.1) is 38.8 Å². The van der Waals surface area contributed by atoms with E-state index in [4.69, 9.17) is 9.97 Å². The standard InChI is InChI=1S/C58H34N4/c1-3-15-35(16-4-1)37-28-30-51-48(31-37)54-53(34-47-43-29-27-38(36-17-5-2-6-18-36)33-52(43)61-50-26-14-12-24-45(50)55(54)57(47)61)62(51)58-59-49-25-13-11-23-44(49)56(60-58)46-32-39-19-7-8-20-40(39)41-21-9-10-22-42(41)46/h1-34H. The van der Waals surface area contributed by atoms with E-state index < -0.39 is 0 Å². The third kappa shape index (κ3) is 4.61. The van der Waals surface area contributed by atoms with Crippen molar-refractivity contribution in [3.63, 3.8) is 0 Å². The van der Waals surface area contributed by atoms with Crippen molar-refractivity contribution < 1.29 is 0 Å². The molecule has 4 heterocycles. The SMILES string of the molecule is c1ccc(-c2ccc3c(c2)c2c4c5ccccc5n5c6cc(-c7ccccc7)ccc6c(cc2n3-c2nc(-c3cc6ccccc6c6ccccc36)c3ccccc3n2)c45)cc1. The lowest BCUT2D eigenvalue weighted by atomic mass is 9.94. The highest BCUT2D eigenvalue weighted by molar-refractivity contribution is 6.36. The molecule has 0 aliphatic rings. The van der Waals surface area contributed by atoms with Crippen LogP contribution in [0, 0.1) is 0 Å². The van der Waals surface area contributed by atoms with Gasteiger partial charge in [-0.15, -0.1) is 0 Å². The molecular formula is C58H34N4. The quantitative estimate of drug-likeness (QED) is 0.167. The van der Waals surface area contributed by atoms with Crippen molar-refractivity contribution >= 4 is 92.3 Å². The predicted octanol–water partition coefficient (Wildman–Crippen LogP) is 15.2. The van der Waals surface area contributed by atoms with E-state index in [-0.39, 0.29) is 0 Å². The molecule has 0 fully saturated rings. The fourth-order valence-corrected chi connectivity index (χ4v) is 10.5. The molecule has 14 aromatic rings. The zero-order valence-electron chi connectivity index (χ0n) is 33.4. The monoisotopic (exact) mass is 786 g/mol. The number of benzene rings is 10. The van der Waals surface area contributed by atoms with Gasteiger partial charge in [-0.05, 0) is 86.3 Å². The predicted molar refractivity (Wildman–Crippen MR) is 260 cm³/mol. The van der Waals surface area contributed by atoms with Gasteiger partial charge in [0.1, 0.15) is 0 Å². The molecule has 10 aromatic carbocycles. The Labute approximate surface area is 355 Å². The number of hydrogen-bond acceptors (Lipinski definition) is 2. The molecular weight excluding hydrogens is 753 g/mol. The second-order valence-corrected chi connectivity index (χ2v) is 16.5. The molecule has 0 spiro atoms. The summed E-state index contributed by atoms with van der Waals surface area (Å²) in [6.45, 7) is 0. The average Bonchev–Trinajstić information content (AvgIpc) is 3.98. The van der Waals surface area contributed by atoms with Crippen LogP contribution in [0.15, 0.2) is 206 Å². The van der Waals surface area contributed by atoms with Gasteiger partial charge >= 0.3 is 0 Å². The van der Waals surface area contributed by atoms with Gasteiger partial charge in [-0.1, -0.05) is 164 Å².